The van der Waals surface area contributed by atoms with Crippen LogP contribution >= 0.6 is 11.3 Å². The zero-order chi connectivity index (χ0) is 18.9. The lowest BCUT2D eigenvalue weighted by Gasteiger charge is -2.32. The van der Waals surface area contributed by atoms with Gasteiger partial charge in [-0.3, -0.25) is 4.79 Å². The molecule has 0 bridgehead atoms. The molecule has 5 nitrogen and oxygen atoms in total. The van der Waals surface area contributed by atoms with E-state index in [0.29, 0.717) is 12.4 Å². The molecular weight excluding hydrogens is 362 g/mol. The molecule has 1 amide bonds. The third kappa shape index (κ3) is 6.06. The lowest BCUT2D eigenvalue weighted by Crippen LogP contribution is -2.38. The molecule has 3 heterocycles. The Kier molecular flexibility index (Phi) is 8.17. The normalized spacial score (nSPS) is 23.9. The molecule has 1 aromatic rings. The molecule has 1 fully saturated rings. The molecule has 150 valence electrons. The molecule has 3 rings (SSSR count). The van der Waals surface area contributed by atoms with Crippen molar-refractivity contribution in [3.05, 3.63) is 34.2 Å². The Morgan fingerprint density at radius 2 is 2.00 bits per heavy atom. The average Bonchev–Trinajstić information content (AvgIpc) is 3.19. The van der Waals surface area contributed by atoms with Crippen LogP contribution in [0.4, 0.5) is 0 Å². The first-order valence-electron chi connectivity index (χ1n) is 10.2. The van der Waals surface area contributed by atoms with Gasteiger partial charge in [-0.2, -0.15) is 0 Å². The number of carbonyl (C=O) groups excluding carboxylic acids is 1. The van der Waals surface area contributed by atoms with E-state index in [2.05, 4.69) is 11.4 Å². The molecule has 0 aromatic carbocycles. The average molecular weight is 394 g/mol. The lowest BCUT2D eigenvalue weighted by molar-refractivity contribution is -0.153. The van der Waals surface area contributed by atoms with Crippen LogP contribution in [0.25, 0.3) is 0 Å². The van der Waals surface area contributed by atoms with Gasteiger partial charge in [-0.1, -0.05) is 25.3 Å². The molecule has 0 unspecified atom stereocenters. The van der Waals surface area contributed by atoms with Gasteiger partial charge in [0.1, 0.15) is 0 Å². The van der Waals surface area contributed by atoms with Gasteiger partial charge in [0.2, 0.25) is 6.29 Å². The number of allylic oxidation sites excluding steroid dienone is 1. The highest BCUT2D eigenvalue weighted by molar-refractivity contribution is 7.10. The summed E-state index contributed by atoms with van der Waals surface area (Å²) in [6.07, 6.45) is 9.59. The smallest absolute Gasteiger partial charge is 0.288 e. The molecule has 2 aliphatic heterocycles. The van der Waals surface area contributed by atoms with Crippen LogP contribution in [0, 0.1) is 0 Å². The zero-order valence-corrected chi connectivity index (χ0v) is 16.8. The third-order valence-electron chi connectivity index (χ3n) is 5.18. The van der Waals surface area contributed by atoms with E-state index < -0.39 is 6.29 Å². The number of hydrogen-bond acceptors (Lipinski definition) is 5. The number of likely N-dealkylation sites (tertiary alicyclic amines) is 1. The van der Waals surface area contributed by atoms with E-state index in [1.54, 1.807) is 11.3 Å². The maximum Gasteiger partial charge on any atom is 0.288 e. The third-order valence-corrected chi connectivity index (χ3v) is 6.18. The van der Waals surface area contributed by atoms with Gasteiger partial charge in [-0.25, -0.2) is 0 Å². The Bertz CT molecular complexity index is 593. The van der Waals surface area contributed by atoms with Crippen molar-refractivity contribution in [3.63, 3.8) is 0 Å². The number of aliphatic hydroxyl groups is 1. The Balaban J connectivity index is 1.68. The number of nitrogens with zero attached hydrogens (tertiary/aromatic N) is 1. The van der Waals surface area contributed by atoms with E-state index in [0.717, 1.165) is 45.2 Å². The highest BCUT2D eigenvalue weighted by atomic mass is 32.1. The van der Waals surface area contributed by atoms with Gasteiger partial charge in [0.05, 0.1) is 6.61 Å². The van der Waals surface area contributed by atoms with E-state index >= 15 is 0 Å². The Morgan fingerprint density at radius 1 is 1.22 bits per heavy atom. The van der Waals surface area contributed by atoms with Gasteiger partial charge in [0.15, 0.2) is 5.76 Å². The van der Waals surface area contributed by atoms with E-state index in [-0.39, 0.29) is 18.4 Å². The van der Waals surface area contributed by atoms with Crippen molar-refractivity contribution in [2.75, 3.05) is 26.3 Å². The summed E-state index contributed by atoms with van der Waals surface area (Å²) in [5, 5.41) is 11.0. The molecule has 2 aliphatic rings. The van der Waals surface area contributed by atoms with Gasteiger partial charge in [-0.15, -0.1) is 11.3 Å². The minimum atomic E-state index is -0.408. The van der Waals surface area contributed by atoms with Gasteiger partial charge >= 0.3 is 0 Å². The van der Waals surface area contributed by atoms with Crippen molar-refractivity contribution < 1.29 is 19.4 Å². The number of hydrogen-bond donors (Lipinski definition) is 1. The number of unbranched alkanes of at least 4 members (excludes halogenated alkanes) is 1. The van der Waals surface area contributed by atoms with Gasteiger partial charge in [0, 0.05) is 36.9 Å². The maximum absolute atomic E-state index is 13.1. The summed E-state index contributed by atoms with van der Waals surface area (Å²) in [6, 6.07) is 4.15. The molecule has 2 atom stereocenters. The van der Waals surface area contributed by atoms with Crippen molar-refractivity contribution >= 4 is 17.2 Å². The second-order valence-corrected chi connectivity index (χ2v) is 8.28. The Hall–Kier alpha value is -1.37. The van der Waals surface area contributed by atoms with E-state index in [1.807, 2.05) is 17.0 Å². The summed E-state index contributed by atoms with van der Waals surface area (Å²) < 4.78 is 11.9. The molecule has 0 radical (unpaired) electrons. The van der Waals surface area contributed by atoms with Crippen LogP contribution in [0.2, 0.25) is 0 Å². The molecule has 1 aromatic heterocycles. The lowest BCUT2D eigenvalue weighted by atomic mass is 9.99. The van der Waals surface area contributed by atoms with Crippen LogP contribution in [0.15, 0.2) is 29.3 Å². The maximum atomic E-state index is 13.1. The highest BCUT2D eigenvalue weighted by Crippen LogP contribution is 2.34. The molecular formula is C21H31NO4S. The monoisotopic (exact) mass is 393 g/mol. The largest absolute Gasteiger partial charge is 0.459 e. The predicted molar refractivity (Wildman–Crippen MR) is 107 cm³/mol. The Labute approximate surface area is 166 Å². The number of amides is 1. The molecule has 1 N–H and O–H groups in total. The fourth-order valence-electron chi connectivity index (χ4n) is 3.65. The molecule has 0 spiro atoms. The number of aliphatic hydroxyl groups excluding tert-OH is 1. The molecule has 27 heavy (non-hydrogen) atoms. The Morgan fingerprint density at radius 3 is 2.70 bits per heavy atom. The van der Waals surface area contributed by atoms with E-state index in [1.165, 1.54) is 24.1 Å². The van der Waals surface area contributed by atoms with Crippen molar-refractivity contribution in [3.8, 4) is 0 Å². The van der Waals surface area contributed by atoms with Crippen LogP contribution in [0.5, 0.6) is 0 Å². The summed E-state index contributed by atoms with van der Waals surface area (Å²) in [5.41, 5.74) is 0. The van der Waals surface area contributed by atoms with E-state index in [9.17, 15) is 4.79 Å². The first kappa shape index (κ1) is 20.4. The van der Waals surface area contributed by atoms with Crippen molar-refractivity contribution in [2.24, 2.45) is 0 Å². The van der Waals surface area contributed by atoms with Crippen LogP contribution in [0.1, 0.15) is 62.2 Å². The zero-order valence-electron chi connectivity index (χ0n) is 16.0. The van der Waals surface area contributed by atoms with E-state index in [4.69, 9.17) is 14.6 Å². The predicted octanol–water partition coefficient (Wildman–Crippen LogP) is 4.04. The molecule has 0 aliphatic carbocycles. The van der Waals surface area contributed by atoms with Crippen LogP contribution in [-0.4, -0.2) is 48.5 Å². The number of rotatable bonds is 7. The standard InChI is InChI=1S/C21H31NO4S/c23-12-6-7-13-25-20-16-17(19-9-8-14-27-19)15-18(26-20)21(24)22-10-4-2-1-3-5-11-22/h8-9,14-15,17,20,23H,1-7,10-13,16H2/t17-,20+/m1/s1. The molecule has 1 saturated heterocycles. The quantitative estimate of drug-likeness (QED) is 0.710. The SMILES string of the molecule is O=C(C1=C[C@@H](c2cccs2)C[C@@H](OCCCCO)O1)N1CCCCCCC1. The summed E-state index contributed by atoms with van der Waals surface area (Å²) in [7, 11) is 0. The minimum absolute atomic E-state index is 0.00196. The van der Waals surface area contributed by atoms with Crippen LogP contribution < -0.4 is 0 Å². The van der Waals surface area contributed by atoms with Crippen LogP contribution in [0.3, 0.4) is 0 Å². The van der Waals surface area contributed by atoms with Crippen molar-refractivity contribution in [1.82, 2.24) is 4.90 Å². The summed E-state index contributed by atoms with van der Waals surface area (Å²) >= 11 is 1.71. The number of carbonyl (C=O) groups is 1. The summed E-state index contributed by atoms with van der Waals surface area (Å²) in [4.78, 5) is 16.3. The second kappa shape index (κ2) is 10.8. The van der Waals surface area contributed by atoms with Gasteiger partial charge < -0.3 is 19.5 Å². The first-order chi connectivity index (χ1) is 13.3. The van der Waals surface area contributed by atoms with Gasteiger partial charge in [0.25, 0.3) is 5.91 Å². The topological polar surface area (TPSA) is 59.0 Å². The van der Waals surface area contributed by atoms with Crippen molar-refractivity contribution in [1.29, 1.82) is 0 Å². The first-order valence-corrected chi connectivity index (χ1v) is 11.1. The molecule has 6 heteroatoms. The summed E-state index contributed by atoms with van der Waals surface area (Å²) in [6.45, 7) is 2.33. The molecule has 0 saturated carbocycles. The fourth-order valence-corrected chi connectivity index (χ4v) is 4.46. The number of thiophene rings is 1. The summed E-state index contributed by atoms with van der Waals surface area (Å²) in [5.74, 6) is 0.588. The highest BCUT2D eigenvalue weighted by Gasteiger charge is 2.31. The van der Waals surface area contributed by atoms with Crippen molar-refractivity contribution in [2.45, 2.75) is 63.6 Å². The second-order valence-electron chi connectivity index (χ2n) is 7.30. The van der Waals surface area contributed by atoms with Gasteiger partial charge in [-0.05, 0) is 43.2 Å². The van der Waals surface area contributed by atoms with Crippen LogP contribution in [-0.2, 0) is 14.3 Å². The fraction of sp³-hybridized carbons (Fsp3) is 0.667. The minimum Gasteiger partial charge on any atom is -0.459 e. The number of ether oxygens (including phenoxy) is 2.